The van der Waals surface area contributed by atoms with Gasteiger partial charge in [-0.05, 0) is 33.3 Å². The second-order valence-electron chi connectivity index (χ2n) is 6.60. The standard InChI is InChI=1S/C15H21NO4/c1-14(2,3)20-13(19)16-8-10-6-5-7-15(4,12(17)18)11(10)9-16/h5-7,11H,8-9H2,1-4H3,(H,17,18). The molecule has 0 aromatic heterocycles. The van der Waals surface area contributed by atoms with E-state index in [2.05, 4.69) is 0 Å². The van der Waals surface area contributed by atoms with Crippen molar-refractivity contribution in [3.63, 3.8) is 0 Å². The molecular weight excluding hydrogens is 258 g/mol. The summed E-state index contributed by atoms with van der Waals surface area (Å²) < 4.78 is 5.35. The third-order valence-electron chi connectivity index (χ3n) is 3.81. The zero-order valence-corrected chi connectivity index (χ0v) is 12.3. The molecule has 2 aliphatic rings. The molecular formula is C15H21NO4. The van der Waals surface area contributed by atoms with Crippen LogP contribution in [-0.4, -0.2) is 40.8 Å². The molecule has 2 atom stereocenters. The lowest BCUT2D eigenvalue weighted by Gasteiger charge is -2.31. The van der Waals surface area contributed by atoms with Crippen molar-refractivity contribution in [3.8, 4) is 0 Å². The molecule has 1 fully saturated rings. The number of fused-ring (bicyclic) bond motifs is 1. The Hall–Kier alpha value is -1.78. The van der Waals surface area contributed by atoms with Gasteiger partial charge in [0.05, 0.1) is 5.41 Å². The van der Waals surface area contributed by atoms with Gasteiger partial charge in [-0.15, -0.1) is 0 Å². The van der Waals surface area contributed by atoms with E-state index in [0.717, 1.165) is 5.57 Å². The van der Waals surface area contributed by atoms with Crippen LogP contribution in [0.2, 0.25) is 0 Å². The van der Waals surface area contributed by atoms with Crippen LogP contribution in [0.15, 0.2) is 23.8 Å². The average Bonchev–Trinajstić information content (AvgIpc) is 2.72. The van der Waals surface area contributed by atoms with E-state index in [1.54, 1.807) is 24.0 Å². The highest BCUT2D eigenvalue weighted by Gasteiger charge is 2.47. The summed E-state index contributed by atoms with van der Waals surface area (Å²) in [6.07, 6.45) is 4.97. The van der Waals surface area contributed by atoms with E-state index in [-0.39, 0.29) is 12.0 Å². The number of carbonyl (C=O) groups excluding carboxylic acids is 1. The highest BCUT2D eigenvalue weighted by Crippen LogP contribution is 2.42. The number of hydrogen-bond acceptors (Lipinski definition) is 3. The third-order valence-corrected chi connectivity index (χ3v) is 3.81. The molecule has 0 saturated carbocycles. The normalized spacial score (nSPS) is 28.9. The van der Waals surface area contributed by atoms with Crippen molar-refractivity contribution in [2.24, 2.45) is 11.3 Å². The Bertz CT molecular complexity index is 500. The largest absolute Gasteiger partial charge is 0.481 e. The molecule has 0 spiro atoms. The summed E-state index contributed by atoms with van der Waals surface area (Å²) in [4.78, 5) is 25.2. The maximum Gasteiger partial charge on any atom is 0.410 e. The predicted octanol–water partition coefficient (Wildman–Crippen LogP) is 2.44. The average molecular weight is 279 g/mol. The van der Waals surface area contributed by atoms with Crippen LogP contribution in [0, 0.1) is 11.3 Å². The summed E-state index contributed by atoms with van der Waals surface area (Å²) in [7, 11) is 0. The fraction of sp³-hybridized carbons (Fsp3) is 0.600. The number of aliphatic carboxylic acids is 1. The molecule has 2 rings (SSSR count). The summed E-state index contributed by atoms with van der Waals surface area (Å²) in [5, 5.41) is 9.44. The first-order valence-electron chi connectivity index (χ1n) is 6.73. The highest BCUT2D eigenvalue weighted by molar-refractivity contribution is 5.79. The highest BCUT2D eigenvalue weighted by atomic mass is 16.6. The molecule has 0 aromatic rings. The van der Waals surface area contributed by atoms with E-state index in [0.29, 0.717) is 13.1 Å². The van der Waals surface area contributed by atoms with E-state index in [9.17, 15) is 14.7 Å². The minimum absolute atomic E-state index is 0.183. The number of amides is 1. The Morgan fingerprint density at radius 1 is 1.45 bits per heavy atom. The third kappa shape index (κ3) is 2.57. The molecule has 0 aromatic carbocycles. The zero-order valence-electron chi connectivity index (χ0n) is 12.3. The number of nitrogens with zero attached hydrogens (tertiary/aromatic N) is 1. The summed E-state index contributed by atoms with van der Waals surface area (Å²) in [5.41, 5.74) is -0.530. The van der Waals surface area contributed by atoms with Crippen LogP contribution in [0.5, 0.6) is 0 Å². The van der Waals surface area contributed by atoms with Gasteiger partial charge in [-0.25, -0.2) is 4.79 Å². The van der Waals surface area contributed by atoms with Crippen LogP contribution in [-0.2, 0) is 9.53 Å². The molecule has 20 heavy (non-hydrogen) atoms. The van der Waals surface area contributed by atoms with E-state index in [4.69, 9.17) is 4.74 Å². The molecule has 110 valence electrons. The quantitative estimate of drug-likeness (QED) is 0.800. The van der Waals surface area contributed by atoms with Gasteiger partial charge in [0.15, 0.2) is 0 Å². The Labute approximate surface area is 118 Å². The summed E-state index contributed by atoms with van der Waals surface area (Å²) in [6, 6.07) is 0. The number of carboxylic acids is 1. The first kappa shape index (κ1) is 14.6. The van der Waals surface area contributed by atoms with Gasteiger partial charge < -0.3 is 14.7 Å². The summed E-state index contributed by atoms with van der Waals surface area (Å²) in [5.74, 6) is -1.05. The van der Waals surface area contributed by atoms with Crippen LogP contribution in [0.1, 0.15) is 27.7 Å². The minimum atomic E-state index is -0.957. The van der Waals surface area contributed by atoms with Crippen molar-refractivity contribution in [1.29, 1.82) is 0 Å². The van der Waals surface area contributed by atoms with E-state index < -0.39 is 17.0 Å². The first-order valence-corrected chi connectivity index (χ1v) is 6.73. The number of carbonyl (C=O) groups is 2. The number of ether oxygens (including phenoxy) is 1. The van der Waals surface area contributed by atoms with Crippen LogP contribution in [0.25, 0.3) is 0 Å². The Kier molecular flexibility index (Phi) is 3.40. The molecule has 5 nitrogen and oxygen atoms in total. The Morgan fingerprint density at radius 2 is 2.10 bits per heavy atom. The second kappa shape index (κ2) is 4.65. The number of carboxylic acid groups (broad SMARTS) is 1. The van der Waals surface area contributed by atoms with Crippen molar-refractivity contribution >= 4 is 12.1 Å². The fourth-order valence-electron chi connectivity index (χ4n) is 2.65. The van der Waals surface area contributed by atoms with Crippen LogP contribution < -0.4 is 0 Å². The second-order valence-corrected chi connectivity index (χ2v) is 6.60. The summed E-state index contributed by atoms with van der Waals surface area (Å²) in [6.45, 7) is 7.96. The number of likely N-dealkylation sites (tertiary alicyclic amines) is 1. The van der Waals surface area contributed by atoms with Crippen molar-refractivity contribution in [2.75, 3.05) is 13.1 Å². The number of rotatable bonds is 1. The van der Waals surface area contributed by atoms with Gasteiger partial charge in [-0.1, -0.05) is 18.2 Å². The molecule has 0 radical (unpaired) electrons. The summed E-state index contributed by atoms with van der Waals surface area (Å²) >= 11 is 0. The van der Waals surface area contributed by atoms with E-state index in [1.165, 1.54) is 0 Å². The maximum atomic E-state index is 12.1. The Balaban J connectivity index is 2.16. The van der Waals surface area contributed by atoms with Gasteiger partial charge in [-0.2, -0.15) is 0 Å². The fourth-order valence-corrected chi connectivity index (χ4v) is 2.65. The molecule has 1 heterocycles. The van der Waals surface area contributed by atoms with Gasteiger partial charge in [0, 0.05) is 19.0 Å². The molecule has 1 N–H and O–H groups in total. The maximum absolute atomic E-state index is 12.1. The topological polar surface area (TPSA) is 66.8 Å². The van der Waals surface area contributed by atoms with Crippen molar-refractivity contribution in [3.05, 3.63) is 23.8 Å². The van der Waals surface area contributed by atoms with E-state index in [1.807, 2.05) is 26.8 Å². The van der Waals surface area contributed by atoms with Crippen LogP contribution >= 0.6 is 0 Å². The molecule has 2 unspecified atom stereocenters. The predicted molar refractivity (Wildman–Crippen MR) is 74.3 cm³/mol. The monoisotopic (exact) mass is 279 g/mol. The number of hydrogen-bond donors (Lipinski definition) is 1. The molecule has 1 saturated heterocycles. The smallest absolute Gasteiger partial charge is 0.410 e. The van der Waals surface area contributed by atoms with Gasteiger partial charge in [0.25, 0.3) is 0 Å². The van der Waals surface area contributed by atoms with Crippen LogP contribution in [0.4, 0.5) is 4.79 Å². The molecule has 1 aliphatic heterocycles. The lowest BCUT2D eigenvalue weighted by Crippen LogP contribution is -2.39. The van der Waals surface area contributed by atoms with Crippen LogP contribution in [0.3, 0.4) is 0 Å². The lowest BCUT2D eigenvalue weighted by atomic mass is 9.72. The van der Waals surface area contributed by atoms with Gasteiger partial charge in [-0.3, -0.25) is 4.79 Å². The first-order chi connectivity index (χ1) is 9.13. The molecule has 0 bridgehead atoms. The SMILES string of the molecule is CC(C)(C)OC(=O)N1CC2=CC=CC(C)(C(=O)O)C2C1. The van der Waals surface area contributed by atoms with E-state index >= 15 is 0 Å². The van der Waals surface area contributed by atoms with Gasteiger partial charge >= 0.3 is 12.1 Å². The molecule has 1 amide bonds. The van der Waals surface area contributed by atoms with Crippen molar-refractivity contribution in [2.45, 2.75) is 33.3 Å². The lowest BCUT2D eigenvalue weighted by molar-refractivity contribution is -0.147. The molecule has 1 aliphatic carbocycles. The minimum Gasteiger partial charge on any atom is -0.481 e. The Morgan fingerprint density at radius 3 is 2.65 bits per heavy atom. The van der Waals surface area contributed by atoms with Gasteiger partial charge in [0.2, 0.25) is 0 Å². The van der Waals surface area contributed by atoms with Crippen molar-refractivity contribution in [1.82, 2.24) is 4.90 Å². The zero-order chi connectivity index (χ0) is 15.1. The number of allylic oxidation sites excluding steroid dienone is 2. The van der Waals surface area contributed by atoms with Crippen molar-refractivity contribution < 1.29 is 19.4 Å². The molecule has 5 heteroatoms. The van der Waals surface area contributed by atoms with Gasteiger partial charge in [0.1, 0.15) is 5.60 Å².